The number of aromatic nitrogens is 4. The summed E-state index contributed by atoms with van der Waals surface area (Å²) in [6.07, 6.45) is 3.52. The third kappa shape index (κ3) is 2.80. The fourth-order valence-electron chi connectivity index (χ4n) is 2.09. The van der Waals surface area contributed by atoms with Crippen LogP contribution in [-0.2, 0) is 7.05 Å². The molecule has 0 spiro atoms. The first-order valence-electron chi connectivity index (χ1n) is 6.40. The van der Waals surface area contributed by atoms with Gasteiger partial charge in [0, 0.05) is 34.9 Å². The molecular formula is C15H13BrN4O. The van der Waals surface area contributed by atoms with Crippen LogP contribution in [0.25, 0.3) is 22.6 Å². The van der Waals surface area contributed by atoms with Crippen LogP contribution in [-0.4, -0.2) is 19.7 Å². The summed E-state index contributed by atoms with van der Waals surface area (Å²) in [5, 5.41) is 4.11. The van der Waals surface area contributed by atoms with Gasteiger partial charge in [-0.1, -0.05) is 22.0 Å². The molecule has 3 aromatic rings. The summed E-state index contributed by atoms with van der Waals surface area (Å²) in [7, 11) is 1.83. The van der Waals surface area contributed by atoms with E-state index in [1.165, 1.54) is 6.07 Å². The van der Waals surface area contributed by atoms with Crippen LogP contribution in [0.2, 0.25) is 0 Å². The molecular weight excluding hydrogens is 332 g/mol. The minimum atomic E-state index is -0.181. The Morgan fingerprint density at radius 2 is 2.05 bits per heavy atom. The minimum absolute atomic E-state index is 0.181. The smallest absolute Gasteiger partial charge is 0.251 e. The van der Waals surface area contributed by atoms with Crippen LogP contribution in [0.3, 0.4) is 0 Å². The van der Waals surface area contributed by atoms with Crippen molar-refractivity contribution in [3.63, 3.8) is 0 Å². The zero-order valence-corrected chi connectivity index (χ0v) is 13.2. The van der Waals surface area contributed by atoms with Crippen molar-refractivity contribution in [2.24, 2.45) is 7.05 Å². The Hall–Kier alpha value is -2.21. The number of aromatic amines is 1. The third-order valence-electron chi connectivity index (χ3n) is 3.17. The SMILES string of the molecule is Cc1cc(-c2nc(-c3cnn(C)c3)cc(=O)[nH]2)ccc1Br. The Morgan fingerprint density at radius 3 is 2.71 bits per heavy atom. The van der Waals surface area contributed by atoms with Gasteiger partial charge in [0.25, 0.3) is 5.56 Å². The molecule has 21 heavy (non-hydrogen) atoms. The molecule has 2 heterocycles. The zero-order chi connectivity index (χ0) is 15.0. The summed E-state index contributed by atoms with van der Waals surface area (Å²) >= 11 is 3.47. The minimum Gasteiger partial charge on any atom is -0.306 e. The van der Waals surface area contributed by atoms with Crippen molar-refractivity contribution in [3.8, 4) is 22.6 Å². The molecule has 0 aliphatic rings. The number of halogens is 1. The van der Waals surface area contributed by atoms with Gasteiger partial charge in [-0.3, -0.25) is 9.48 Å². The molecule has 0 aliphatic carbocycles. The van der Waals surface area contributed by atoms with E-state index < -0.39 is 0 Å². The fourth-order valence-corrected chi connectivity index (χ4v) is 2.33. The van der Waals surface area contributed by atoms with Crippen molar-refractivity contribution in [1.82, 2.24) is 19.7 Å². The molecule has 1 N–H and O–H groups in total. The van der Waals surface area contributed by atoms with Crippen LogP contribution >= 0.6 is 15.9 Å². The van der Waals surface area contributed by atoms with E-state index in [1.807, 2.05) is 38.4 Å². The van der Waals surface area contributed by atoms with Crippen LogP contribution in [0.5, 0.6) is 0 Å². The highest BCUT2D eigenvalue weighted by atomic mass is 79.9. The maximum Gasteiger partial charge on any atom is 0.251 e. The number of H-pyrrole nitrogens is 1. The Morgan fingerprint density at radius 1 is 1.24 bits per heavy atom. The van der Waals surface area contributed by atoms with Crippen molar-refractivity contribution in [2.45, 2.75) is 6.92 Å². The topological polar surface area (TPSA) is 63.6 Å². The molecule has 0 amide bonds. The lowest BCUT2D eigenvalue weighted by Crippen LogP contribution is -2.08. The van der Waals surface area contributed by atoms with E-state index in [-0.39, 0.29) is 5.56 Å². The largest absolute Gasteiger partial charge is 0.306 e. The molecule has 0 aliphatic heterocycles. The molecule has 5 nitrogen and oxygen atoms in total. The average molecular weight is 345 g/mol. The summed E-state index contributed by atoms with van der Waals surface area (Å²) in [4.78, 5) is 19.2. The number of aryl methyl sites for hydroxylation is 2. The van der Waals surface area contributed by atoms with Crippen molar-refractivity contribution in [1.29, 1.82) is 0 Å². The number of nitrogens with one attached hydrogen (secondary N) is 1. The fraction of sp³-hybridized carbons (Fsp3) is 0.133. The Labute approximate surface area is 129 Å². The van der Waals surface area contributed by atoms with E-state index in [2.05, 4.69) is 31.0 Å². The first-order chi connectivity index (χ1) is 10.0. The highest BCUT2D eigenvalue weighted by Gasteiger charge is 2.08. The van der Waals surface area contributed by atoms with Gasteiger partial charge < -0.3 is 4.98 Å². The summed E-state index contributed by atoms with van der Waals surface area (Å²) in [6, 6.07) is 7.32. The number of hydrogen-bond donors (Lipinski definition) is 1. The molecule has 0 radical (unpaired) electrons. The number of benzene rings is 1. The van der Waals surface area contributed by atoms with E-state index in [0.717, 1.165) is 21.2 Å². The standard InChI is InChI=1S/C15H13BrN4O/c1-9-5-10(3-4-12(9)16)15-18-13(6-14(21)19-15)11-7-17-20(2)8-11/h3-8H,1-2H3,(H,18,19,21). The average Bonchev–Trinajstić information content (AvgIpc) is 2.88. The second-order valence-corrected chi connectivity index (χ2v) is 5.70. The lowest BCUT2D eigenvalue weighted by Gasteiger charge is -2.05. The summed E-state index contributed by atoms with van der Waals surface area (Å²) < 4.78 is 2.71. The second kappa shape index (κ2) is 5.29. The van der Waals surface area contributed by atoms with Crippen LogP contribution in [0, 0.1) is 6.92 Å². The van der Waals surface area contributed by atoms with Crippen LogP contribution < -0.4 is 5.56 Å². The van der Waals surface area contributed by atoms with E-state index in [9.17, 15) is 4.79 Å². The maximum atomic E-state index is 11.9. The van der Waals surface area contributed by atoms with E-state index >= 15 is 0 Å². The zero-order valence-electron chi connectivity index (χ0n) is 11.6. The first kappa shape index (κ1) is 13.8. The van der Waals surface area contributed by atoms with Crippen LogP contribution in [0.1, 0.15) is 5.56 Å². The molecule has 106 valence electrons. The molecule has 0 unspecified atom stereocenters. The first-order valence-corrected chi connectivity index (χ1v) is 7.19. The molecule has 0 saturated carbocycles. The Bertz CT molecular complexity index is 866. The van der Waals surface area contributed by atoms with Crippen molar-refractivity contribution in [3.05, 3.63) is 57.0 Å². The van der Waals surface area contributed by atoms with Gasteiger partial charge in [-0.25, -0.2) is 4.98 Å². The molecule has 6 heteroatoms. The lowest BCUT2D eigenvalue weighted by atomic mass is 10.1. The normalized spacial score (nSPS) is 10.8. The van der Waals surface area contributed by atoms with Crippen molar-refractivity contribution in [2.75, 3.05) is 0 Å². The molecule has 0 fully saturated rings. The quantitative estimate of drug-likeness (QED) is 0.777. The summed E-state index contributed by atoms with van der Waals surface area (Å²) in [6.45, 7) is 2.00. The molecule has 1 aromatic carbocycles. The van der Waals surface area contributed by atoms with Crippen LogP contribution in [0.4, 0.5) is 0 Å². The van der Waals surface area contributed by atoms with E-state index in [0.29, 0.717) is 11.5 Å². The summed E-state index contributed by atoms with van der Waals surface area (Å²) in [5.74, 6) is 0.553. The van der Waals surface area contributed by atoms with Gasteiger partial charge in [0.15, 0.2) is 0 Å². The van der Waals surface area contributed by atoms with Gasteiger partial charge >= 0.3 is 0 Å². The highest BCUT2D eigenvalue weighted by molar-refractivity contribution is 9.10. The van der Waals surface area contributed by atoms with Gasteiger partial charge in [0.1, 0.15) is 5.82 Å². The number of rotatable bonds is 2. The van der Waals surface area contributed by atoms with Gasteiger partial charge in [-0.05, 0) is 24.6 Å². The monoisotopic (exact) mass is 344 g/mol. The highest BCUT2D eigenvalue weighted by Crippen LogP contribution is 2.23. The Balaban J connectivity index is 2.13. The van der Waals surface area contributed by atoms with Gasteiger partial charge in [-0.15, -0.1) is 0 Å². The molecule has 2 aromatic heterocycles. The van der Waals surface area contributed by atoms with E-state index in [1.54, 1.807) is 10.9 Å². The number of hydrogen-bond acceptors (Lipinski definition) is 3. The van der Waals surface area contributed by atoms with E-state index in [4.69, 9.17) is 0 Å². The maximum absolute atomic E-state index is 11.9. The molecule has 0 bridgehead atoms. The molecule has 0 saturated heterocycles. The predicted octanol–water partition coefficient (Wildman–Crippen LogP) is 2.91. The third-order valence-corrected chi connectivity index (χ3v) is 4.06. The lowest BCUT2D eigenvalue weighted by molar-refractivity contribution is 0.768. The van der Waals surface area contributed by atoms with Crippen molar-refractivity contribution >= 4 is 15.9 Å². The van der Waals surface area contributed by atoms with Crippen molar-refractivity contribution < 1.29 is 0 Å². The second-order valence-electron chi connectivity index (χ2n) is 4.85. The van der Waals surface area contributed by atoms with Crippen LogP contribution in [0.15, 0.2) is 45.9 Å². The summed E-state index contributed by atoms with van der Waals surface area (Å²) in [5.41, 5.74) is 3.21. The van der Waals surface area contributed by atoms with Gasteiger partial charge in [0.05, 0.1) is 11.9 Å². The van der Waals surface area contributed by atoms with Gasteiger partial charge in [-0.2, -0.15) is 5.10 Å². The predicted molar refractivity (Wildman–Crippen MR) is 84.9 cm³/mol. The molecule has 3 rings (SSSR count). The number of nitrogens with zero attached hydrogens (tertiary/aromatic N) is 3. The van der Waals surface area contributed by atoms with Gasteiger partial charge in [0.2, 0.25) is 0 Å². The Kier molecular flexibility index (Phi) is 3.47. The molecule has 0 atom stereocenters.